The summed E-state index contributed by atoms with van der Waals surface area (Å²) in [6.07, 6.45) is 1.55. The molecule has 0 amide bonds. The number of hydrogen-bond donors (Lipinski definition) is 1. The molecule has 21 heavy (non-hydrogen) atoms. The van der Waals surface area contributed by atoms with Crippen molar-refractivity contribution in [1.82, 2.24) is 0 Å². The Balaban J connectivity index is 2.32. The van der Waals surface area contributed by atoms with Crippen molar-refractivity contribution in [1.29, 1.82) is 0 Å². The van der Waals surface area contributed by atoms with Gasteiger partial charge in [0, 0.05) is 16.3 Å². The van der Waals surface area contributed by atoms with Crippen molar-refractivity contribution in [2.45, 2.75) is 0 Å². The molecule has 0 aromatic heterocycles. The second-order valence-corrected chi connectivity index (χ2v) is 6.20. The Morgan fingerprint density at radius 3 is 2.86 bits per heavy atom. The van der Waals surface area contributed by atoms with E-state index >= 15 is 0 Å². The van der Waals surface area contributed by atoms with Crippen LogP contribution in [0.1, 0.15) is 15.9 Å². The molecule has 1 N–H and O–H groups in total. The summed E-state index contributed by atoms with van der Waals surface area (Å²) in [5, 5.41) is 9.99. The number of esters is 1. The number of phenols is 1. The number of rotatable bonds is 3. The van der Waals surface area contributed by atoms with Crippen molar-refractivity contribution < 1.29 is 14.6 Å². The zero-order valence-electron chi connectivity index (χ0n) is 11.0. The van der Waals surface area contributed by atoms with Crippen molar-refractivity contribution in [3.8, 4) is 5.75 Å². The van der Waals surface area contributed by atoms with Crippen LogP contribution in [0.25, 0.3) is 0 Å². The Kier molecular flexibility index (Phi) is 5.35. The van der Waals surface area contributed by atoms with Crippen molar-refractivity contribution >= 4 is 56.4 Å². The fourth-order valence-electron chi connectivity index (χ4n) is 1.66. The summed E-state index contributed by atoms with van der Waals surface area (Å²) >= 11 is 5.42. The summed E-state index contributed by atoms with van der Waals surface area (Å²) in [5.74, 6) is -0.237. The number of hydrogen-bond acceptors (Lipinski definition) is 4. The van der Waals surface area contributed by atoms with Crippen LogP contribution in [0.2, 0.25) is 0 Å². The molecule has 0 saturated heterocycles. The average Bonchev–Trinajstić information content (AvgIpc) is 2.49. The third-order valence-electron chi connectivity index (χ3n) is 2.68. The lowest BCUT2D eigenvalue weighted by Crippen LogP contribution is -2.00. The monoisotopic (exact) mass is 459 g/mol. The normalized spacial score (nSPS) is 10.8. The smallest absolute Gasteiger partial charge is 0.337 e. The molecule has 0 spiro atoms. The number of methoxy groups -OCH3 is 1. The van der Waals surface area contributed by atoms with E-state index in [0.29, 0.717) is 16.8 Å². The Bertz CT molecular complexity index is 716. The molecule has 0 atom stereocenters. The first kappa shape index (κ1) is 16.0. The number of nitrogens with zero attached hydrogens (tertiary/aromatic N) is 1. The zero-order valence-corrected chi connectivity index (χ0v) is 14.8. The molecule has 6 heteroatoms. The predicted molar refractivity (Wildman–Crippen MR) is 93.6 cm³/mol. The standard InChI is InChI=1S/C15H11BrINO3/c1-21-15(20)9-3-2-4-12(6-9)18-8-10-5-11(16)7-13(17)14(10)19/h2-8,19H,1H3. The summed E-state index contributed by atoms with van der Waals surface area (Å²) in [4.78, 5) is 15.7. The number of benzene rings is 2. The molecule has 0 fully saturated rings. The van der Waals surface area contributed by atoms with Gasteiger partial charge in [0.1, 0.15) is 5.75 Å². The molecule has 4 nitrogen and oxygen atoms in total. The Labute approximate surface area is 144 Å². The largest absolute Gasteiger partial charge is 0.506 e. The molecule has 0 heterocycles. The van der Waals surface area contributed by atoms with Crippen LogP contribution in [-0.4, -0.2) is 24.4 Å². The van der Waals surface area contributed by atoms with E-state index in [1.807, 2.05) is 28.7 Å². The van der Waals surface area contributed by atoms with Crippen molar-refractivity contribution in [2.24, 2.45) is 4.99 Å². The van der Waals surface area contributed by atoms with Crippen LogP contribution in [0.4, 0.5) is 5.69 Å². The number of phenolic OH excluding ortho intramolecular Hbond substituents is 1. The number of carbonyl (C=O) groups is 1. The van der Waals surface area contributed by atoms with Gasteiger partial charge in [-0.25, -0.2) is 4.79 Å². The van der Waals surface area contributed by atoms with Crippen LogP contribution in [0.3, 0.4) is 0 Å². The van der Waals surface area contributed by atoms with Gasteiger partial charge < -0.3 is 9.84 Å². The molecule has 2 aromatic carbocycles. The first-order valence-corrected chi connectivity index (χ1v) is 7.79. The molecular weight excluding hydrogens is 449 g/mol. The molecular formula is C15H11BrINO3. The highest BCUT2D eigenvalue weighted by Crippen LogP contribution is 2.28. The van der Waals surface area contributed by atoms with Gasteiger partial charge in [0.2, 0.25) is 0 Å². The SMILES string of the molecule is COC(=O)c1cccc(N=Cc2cc(Br)cc(I)c2O)c1. The number of carbonyl (C=O) groups excluding carboxylic acids is 1. The Morgan fingerprint density at radius 1 is 1.38 bits per heavy atom. The van der Waals surface area contributed by atoms with Gasteiger partial charge in [0.25, 0.3) is 0 Å². The Morgan fingerprint density at radius 2 is 2.14 bits per heavy atom. The quantitative estimate of drug-likeness (QED) is 0.423. The maximum Gasteiger partial charge on any atom is 0.337 e. The summed E-state index contributed by atoms with van der Waals surface area (Å²) in [6.45, 7) is 0. The third-order valence-corrected chi connectivity index (χ3v) is 3.96. The zero-order chi connectivity index (χ0) is 15.4. The molecule has 2 aromatic rings. The minimum absolute atomic E-state index is 0.173. The minimum Gasteiger partial charge on any atom is -0.506 e. The van der Waals surface area contributed by atoms with Crippen LogP contribution in [0.5, 0.6) is 5.75 Å². The molecule has 0 aliphatic carbocycles. The number of aliphatic imine (C=N–C) groups is 1. The van der Waals surface area contributed by atoms with Gasteiger partial charge in [-0.05, 0) is 52.9 Å². The second-order valence-electron chi connectivity index (χ2n) is 4.13. The molecule has 2 rings (SSSR count). The van der Waals surface area contributed by atoms with Gasteiger partial charge in [0.05, 0.1) is 21.9 Å². The fraction of sp³-hybridized carbons (Fsp3) is 0.0667. The van der Waals surface area contributed by atoms with Crippen LogP contribution in [-0.2, 0) is 4.74 Å². The fourth-order valence-corrected chi connectivity index (χ4v) is 3.21. The highest BCUT2D eigenvalue weighted by molar-refractivity contribution is 14.1. The van der Waals surface area contributed by atoms with E-state index in [1.54, 1.807) is 36.5 Å². The number of aromatic hydroxyl groups is 1. The van der Waals surface area contributed by atoms with Crippen LogP contribution in [0, 0.1) is 3.57 Å². The highest BCUT2D eigenvalue weighted by atomic mass is 127. The molecule has 108 valence electrons. The van der Waals surface area contributed by atoms with Gasteiger partial charge >= 0.3 is 5.97 Å². The van der Waals surface area contributed by atoms with E-state index in [-0.39, 0.29) is 5.75 Å². The highest BCUT2D eigenvalue weighted by Gasteiger charge is 2.07. The first-order valence-electron chi connectivity index (χ1n) is 5.91. The van der Waals surface area contributed by atoms with Crippen molar-refractivity contribution in [3.63, 3.8) is 0 Å². The number of halogens is 2. The van der Waals surface area contributed by atoms with Gasteiger partial charge in [0.15, 0.2) is 0 Å². The topological polar surface area (TPSA) is 58.9 Å². The summed E-state index contributed by atoms with van der Waals surface area (Å²) in [7, 11) is 1.33. The molecule has 0 aliphatic heterocycles. The maximum absolute atomic E-state index is 11.5. The molecule has 0 radical (unpaired) electrons. The maximum atomic E-state index is 11.5. The molecule has 0 bridgehead atoms. The lowest BCUT2D eigenvalue weighted by atomic mass is 10.2. The van der Waals surface area contributed by atoms with Crippen LogP contribution >= 0.6 is 38.5 Å². The van der Waals surface area contributed by atoms with E-state index in [9.17, 15) is 9.90 Å². The lowest BCUT2D eigenvalue weighted by molar-refractivity contribution is 0.0601. The van der Waals surface area contributed by atoms with Crippen molar-refractivity contribution in [3.05, 3.63) is 55.6 Å². The molecule has 0 unspecified atom stereocenters. The summed E-state index contributed by atoms with van der Waals surface area (Å²) in [6, 6.07) is 10.4. The molecule has 0 aliphatic rings. The van der Waals surface area contributed by atoms with Gasteiger partial charge in [-0.15, -0.1) is 0 Å². The van der Waals surface area contributed by atoms with Crippen LogP contribution in [0.15, 0.2) is 45.9 Å². The van der Waals surface area contributed by atoms with Gasteiger partial charge in [-0.3, -0.25) is 4.99 Å². The van der Waals surface area contributed by atoms with E-state index in [1.165, 1.54) is 7.11 Å². The van der Waals surface area contributed by atoms with Crippen molar-refractivity contribution in [2.75, 3.05) is 7.11 Å². The minimum atomic E-state index is -0.410. The van der Waals surface area contributed by atoms with E-state index in [2.05, 4.69) is 25.7 Å². The van der Waals surface area contributed by atoms with Gasteiger partial charge in [-0.1, -0.05) is 22.0 Å². The third kappa shape index (κ3) is 4.04. The molecule has 0 saturated carbocycles. The summed E-state index contributed by atoms with van der Waals surface area (Å²) < 4.78 is 6.25. The van der Waals surface area contributed by atoms with E-state index in [4.69, 9.17) is 0 Å². The summed E-state index contributed by atoms with van der Waals surface area (Å²) in [5.41, 5.74) is 1.63. The first-order chi connectivity index (χ1) is 10.0. The van der Waals surface area contributed by atoms with E-state index < -0.39 is 5.97 Å². The van der Waals surface area contributed by atoms with Gasteiger partial charge in [-0.2, -0.15) is 0 Å². The van der Waals surface area contributed by atoms with E-state index in [0.717, 1.165) is 8.04 Å². The lowest BCUT2D eigenvalue weighted by Gasteiger charge is -2.03. The average molecular weight is 460 g/mol. The predicted octanol–water partition coefficient (Wildman–Crippen LogP) is 4.30. The Hall–Kier alpha value is -1.41. The second kappa shape index (κ2) is 7.04. The van der Waals surface area contributed by atoms with Crippen LogP contribution < -0.4 is 0 Å². The number of ether oxygens (including phenoxy) is 1.